The molecule has 0 aromatic rings. The number of hydrogen-bond donors (Lipinski definition) is 4. The summed E-state index contributed by atoms with van der Waals surface area (Å²) in [5.41, 5.74) is 3.54. The molecule has 0 fully saturated rings. The maximum atomic E-state index is 11.9. The Balaban J connectivity index is 4.42. The van der Waals surface area contributed by atoms with Gasteiger partial charge >= 0.3 is 5.97 Å². The van der Waals surface area contributed by atoms with Crippen LogP contribution in [0.25, 0.3) is 0 Å². The van der Waals surface area contributed by atoms with E-state index in [9.17, 15) is 22.7 Å². The summed E-state index contributed by atoms with van der Waals surface area (Å²) in [6.45, 7) is -0.948. The van der Waals surface area contributed by atoms with E-state index in [1.54, 1.807) is 6.08 Å². The molecule has 0 rings (SSSR count). The van der Waals surface area contributed by atoms with Crippen molar-refractivity contribution in [3.05, 3.63) is 12.2 Å². The first-order chi connectivity index (χ1) is 10.1. The number of alkyl halides is 1. The fourth-order valence-corrected chi connectivity index (χ4v) is 2.19. The zero-order valence-electron chi connectivity index (χ0n) is 12.7. The first kappa shape index (κ1) is 21.0. The van der Waals surface area contributed by atoms with Crippen molar-refractivity contribution in [2.75, 3.05) is 19.5 Å². The predicted molar refractivity (Wildman–Crippen MR) is 81.6 cm³/mol. The molecule has 0 aliphatic carbocycles. The molecular weight excluding hydrogens is 315 g/mol. The molecular formula is C13H25FN2O5S. The summed E-state index contributed by atoms with van der Waals surface area (Å²) in [6, 6.07) is 0. The van der Waals surface area contributed by atoms with E-state index in [2.05, 4.69) is 0 Å². The van der Waals surface area contributed by atoms with Crippen molar-refractivity contribution < 1.29 is 27.8 Å². The molecule has 2 unspecified atom stereocenters. The van der Waals surface area contributed by atoms with Crippen LogP contribution < -0.4 is 10.5 Å². The Morgan fingerprint density at radius 3 is 2.45 bits per heavy atom. The molecule has 0 spiro atoms. The van der Waals surface area contributed by atoms with Crippen molar-refractivity contribution in [2.45, 2.75) is 43.7 Å². The van der Waals surface area contributed by atoms with Crippen molar-refractivity contribution in [3.63, 3.8) is 0 Å². The van der Waals surface area contributed by atoms with Gasteiger partial charge in [-0.1, -0.05) is 12.2 Å². The fraction of sp³-hybridized carbons (Fsp3) is 0.769. The van der Waals surface area contributed by atoms with Gasteiger partial charge in [-0.2, -0.15) is 0 Å². The van der Waals surface area contributed by atoms with E-state index in [1.807, 2.05) is 10.8 Å². The molecule has 0 saturated carbocycles. The molecule has 0 saturated heterocycles. The van der Waals surface area contributed by atoms with Gasteiger partial charge in [0.15, 0.2) is 5.54 Å². The Morgan fingerprint density at radius 1 is 1.36 bits per heavy atom. The molecule has 0 radical (unpaired) electrons. The maximum Gasteiger partial charge on any atom is 0.327 e. The Labute approximate surface area is 130 Å². The summed E-state index contributed by atoms with van der Waals surface area (Å²) in [6.07, 6.45) is 5.46. The Morgan fingerprint density at radius 2 is 1.95 bits per heavy atom. The van der Waals surface area contributed by atoms with Gasteiger partial charge in [-0.3, -0.25) is 9.18 Å². The zero-order valence-corrected chi connectivity index (χ0v) is 13.5. The number of sulfonamides is 1. The monoisotopic (exact) mass is 340 g/mol. The molecule has 0 bridgehead atoms. The highest BCUT2D eigenvalue weighted by atomic mass is 32.2. The van der Waals surface area contributed by atoms with Gasteiger partial charge in [-0.15, -0.1) is 0 Å². The lowest BCUT2D eigenvalue weighted by Crippen LogP contribution is -2.63. The minimum atomic E-state index is -3.61. The fourth-order valence-electron chi connectivity index (χ4n) is 1.69. The third kappa shape index (κ3) is 8.42. The number of aliphatic hydroxyl groups excluding tert-OH is 1. The summed E-state index contributed by atoms with van der Waals surface area (Å²) in [7, 11) is -3.61. The van der Waals surface area contributed by atoms with Crippen LogP contribution in [0, 0.1) is 0 Å². The molecule has 7 nitrogen and oxygen atoms in total. The average Bonchev–Trinajstić information content (AvgIpc) is 2.42. The van der Waals surface area contributed by atoms with E-state index in [-0.39, 0.29) is 13.1 Å². The van der Waals surface area contributed by atoms with Gasteiger partial charge in [0, 0.05) is 6.54 Å². The maximum absolute atomic E-state index is 11.9. The smallest absolute Gasteiger partial charge is 0.327 e. The van der Waals surface area contributed by atoms with Crippen molar-refractivity contribution in [1.82, 2.24) is 4.72 Å². The van der Waals surface area contributed by atoms with Gasteiger partial charge in [0.1, 0.15) is 0 Å². The quantitative estimate of drug-likeness (QED) is 0.296. The number of aliphatic carboxylic acids is 1. The van der Waals surface area contributed by atoms with Crippen molar-refractivity contribution in [2.24, 2.45) is 5.73 Å². The molecule has 2 atom stereocenters. The van der Waals surface area contributed by atoms with Crippen molar-refractivity contribution in [1.29, 1.82) is 0 Å². The van der Waals surface area contributed by atoms with Crippen LogP contribution in [0.2, 0.25) is 0 Å². The normalized spacial score (nSPS) is 16.5. The number of halogens is 1. The second kappa shape index (κ2) is 9.88. The summed E-state index contributed by atoms with van der Waals surface area (Å²) in [5.74, 6) is -1.48. The van der Waals surface area contributed by atoms with Crippen LogP contribution >= 0.6 is 0 Å². The number of nitrogens with one attached hydrogen (secondary N) is 1. The third-order valence-corrected chi connectivity index (χ3v) is 3.82. The topological polar surface area (TPSA) is 130 Å². The molecule has 5 N–H and O–H groups in total. The SMILES string of the molecule is CS(=O)(=O)NCC(N)(C(=O)O)C(O)CCC=CCCCCF. The number of hydrogen-bond acceptors (Lipinski definition) is 5. The second-order valence-corrected chi connectivity index (χ2v) is 7.02. The number of allylic oxidation sites excluding steroid dienone is 2. The molecule has 0 amide bonds. The summed E-state index contributed by atoms with van der Waals surface area (Å²) in [4.78, 5) is 11.2. The second-order valence-electron chi connectivity index (χ2n) is 5.19. The van der Waals surface area contributed by atoms with E-state index >= 15 is 0 Å². The van der Waals surface area contributed by atoms with Crippen LogP contribution in [-0.2, 0) is 14.8 Å². The van der Waals surface area contributed by atoms with Crippen molar-refractivity contribution >= 4 is 16.0 Å². The highest BCUT2D eigenvalue weighted by molar-refractivity contribution is 7.88. The van der Waals surface area contributed by atoms with Crippen LogP contribution in [0.3, 0.4) is 0 Å². The summed E-state index contributed by atoms with van der Waals surface area (Å²) >= 11 is 0. The van der Waals surface area contributed by atoms with Gasteiger partial charge in [-0.05, 0) is 32.1 Å². The molecule has 22 heavy (non-hydrogen) atoms. The zero-order chi connectivity index (χ0) is 17.2. The summed E-state index contributed by atoms with van der Waals surface area (Å²) in [5, 5.41) is 19.1. The van der Waals surface area contributed by atoms with Gasteiger partial charge in [0.2, 0.25) is 10.0 Å². The number of nitrogens with two attached hydrogens (primary N) is 1. The molecule has 0 heterocycles. The minimum absolute atomic E-state index is 0.0772. The largest absolute Gasteiger partial charge is 0.480 e. The van der Waals surface area contributed by atoms with E-state index in [4.69, 9.17) is 10.8 Å². The van der Waals surface area contributed by atoms with E-state index < -0.39 is 34.2 Å². The number of carbonyl (C=O) groups is 1. The Kier molecular flexibility index (Phi) is 9.42. The van der Waals surface area contributed by atoms with Gasteiger partial charge < -0.3 is 15.9 Å². The molecule has 0 aliphatic heterocycles. The van der Waals surface area contributed by atoms with Gasteiger partial charge in [0.25, 0.3) is 0 Å². The van der Waals surface area contributed by atoms with E-state index in [1.165, 1.54) is 0 Å². The minimum Gasteiger partial charge on any atom is -0.480 e. The molecule has 0 aromatic heterocycles. The molecule has 0 aliphatic rings. The van der Waals surface area contributed by atoms with Crippen LogP contribution in [0.15, 0.2) is 12.2 Å². The van der Waals surface area contributed by atoms with Gasteiger partial charge in [0.05, 0.1) is 19.0 Å². The third-order valence-electron chi connectivity index (χ3n) is 3.15. The summed E-state index contributed by atoms with van der Waals surface area (Å²) < 4.78 is 35.9. The number of aliphatic hydroxyl groups is 1. The lowest BCUT2D eigenvalue weighted by Gasteiger charge is -2.29. The number of carboxylic acid groups (broad SMARTS) is 1. The van der Waals surface area contributed by atoms with Crippen LogP contribution in [0.5, 0.6) is 0 Å². The van der Waals surface area contributed by atoms with Crippen molar-refractivity contribution in [3.8, 4) is 0 Å². The van der Waals surface area contributed by atoms with Crippen LogP contribution in [-0.4, -0.2) is 55.7 Å². The Bertz CT molecular complexity index is 469. The van der Waals surface area contributed by atoms with E-state index in [0.717, 1.165) is 12.7 Å². The number of unbranched alkanes of at least 4 members (excludes halogenated alkanes) is 2. The first-order valence-corrected chi connectivity index (χ1v) is 8.88. The van der Waals surface area contributed by atoms with Gasteiger partial charge in [-0.25, -0.2) is 13.1 Å². The highest BCUT2D eigenvalue weighted by Gasteiger charge is 2.41. The van der Waals surface area contributed by atoms with Crippen LogP contribution in [0.1, 0.15) is 32.1 Å². The standard InChI is InChI=1S/C13H25FN2O5S/c1-22(20,21)16-10-13(15,12(18)19)11(17)8-6-4-2-3-5-7-9-14/h2,4,11,16-17H,3,5-10,15H2,1H3,(H,18,19). The molecule has 130 valence electrons. The first-order valence-electron chi connectivity index (χ1n) is 6.99. The lowest BCUT2D eigenvalue weighted by molar-refractivity contribution is -0.147. The van der Waals surface area contributed by atoms with Crippen LogP contribution in [0.4, 0.5) is 4.39 Å². The molecule has 9 heteroatoms. The average molecular weight is 340 g/mol. The number of rotatable bonds is 12. The highest BCUT2D eigenvalue weighted by Crippen LogP contribution is 2.14. The number of carboxylic acids is 1. The molecule has 0 aromatic carbocycles. The van der Waals surface area contributed by atoms with E-state index in [0.29, 0.717) is 19.3 Å². The predicted octanol–water partition coefficient (Wildman–Crippen LogP) is 0.155. The lowest BCUT2D eigenvalue weighted by atomic mass is 9.90. The Hall–Kier alpha value is -1.03.